The quantitative estimate of drug-likeness (QED) is 0.438. The molecule has 0 fully saturated rings. The molecule has 3 N–H and O–H groups in total. The summed E-state index contributed by atoms with van der Waals surface area (Å²) in [5, 5.41) is 5.90. The Morgan fingerprint density at radius 1 is 1.03 bits per heavy atom. The van der Waals surface area contributed by atoms with Gasteiger partial charge < -0.3 is 10.5 Å². The molecular formula is C21H21N3O4S. The summed E-state index contributed by atoms with van der Waals surface area (Å²) in [6.07, 6.45) is 0.516. The van der Waals surface area contributed by atoms with Crippen molar-refractivity contribution in [1.82, 2.24) is 4.83 Å². The molecule has 0 spiro atoms. The predicted octanol–water partition coefficient (Wildman–Crippen LogP) is 2.80. The van der Waals surface area contributed by atoms with Gasteiger partial charge >= 0.3 is 0 Å². The van der Waals surface area contributed by atoms with Gasteiger partial charge in [-0.05, 0) is 59.2 Å². The molecule has 0 aromatic heterocycles. The molecular weight excluding hydrogens is 390 g/mol. The summed E-state index contributed by atoms with van der Waals surface area (Å²) in [5.41, 5.74) is 6.35. The van der Waals surface area contributed by atoms with Crippen molar-refractivity contribution in [1.29, 1.82) is 0 Å². The first-order valence-electron chi connectivity index (χ1n) is 8.98. The number of amides is 1. The Bertz CT molecular complexity index is 1160. The van der Waals surface area contributed by atoms with Gasteiger partial charge in [0.25, 0.3) is 15.9 Å². The number of carbonyl (C=O) groups is 1. The summed E-state index contributed by atoms with van der Waals surface area (Å²) in [4.78, 5) is 13.2. The molecule has 0 unspecified atom stereocenters. The number of benzene rings is 3. The average Bonchev–Trinajstić information content (AvgIpc) is 2.73. The van der Waals surface area contributed by atoms with Gasteiger partial charge in [-0.15, -0.1) is 0 Å². The smallest absolute Gasteiger partial charge is 0.276 e. The number of hydrogen-bond donors (Lipinski definition) is 2. The zero-order valence-electron chi connectivity index (χ0n) is 15.8. The van der Waals surface area contributed by atoms with Crippen molar-refractivity contribution < 1.29 is 17.9 Å². The second-order valence-electron chi connectivity index (χ2n) is 6.30. The Labute approximate surface area is 169 Å². The summed E-state index contributed by atoms with van der Waals surface area (Å²) < 4.78 is 30.5. The summed E-state index contributed by atoms with van der Waals surface area (Å²) >= 11 is 0. The molecule has 3 aromatic rings. The zero-order valence-corrected chi connectivity index (χ0v) is 16.6. The number of hydrazone groups is 1. The van der Waals surface area contributed by atoms with Crippen LogP contribution >= 0.6 is 0 Å². The highest BCUT2D eigenvalue weighted by molar-refractivity contribution is 7.89. The number of primary amides is 1. The number of hydrogen-bond acceptors (Lipinski definition) is 5. The van der Waals surface area contributed by atoms with Crippen molar-refractivity contribution in [3.63, 3.8) is 0 Å². The first-order chi connectivity index (χ1) is 13.9. The fourth-order valence-electron chi connectivity index (χ4n) is 2.75. The minimum Gasteiger partial charge on any atom is -0.484 e. The third kappa shape index (κ3) is 5.11. The summed E-state index contributed by atoms with van der Waals surface area (Å²) in [6.45, 7) is 1.67. The topological polar surface area (TPSA) is 111 Å². The van der Waals surface area contributed by atoms with Gasteiger partial charge in [-0.1, -0.05) is 37.3 Å². The molecule has 1 amide bonds. The Kier molecular flexibility index (Phi) is 6.13. The SMILES string of the molecule is CCC(=NNS(=O)(=O)c1ccc2ccccc2c1)c1ccc(OCC(N)=O)cc1. The maximum atomic E-state index is 12.6. The van der Waals surface area contributed by atoms with Crippen LogP contribution < -0.4 is 15.3 Å². The molecule has 0 aliphatic heterocycles. The molecule has 29 heavy (non-hydrogen) atoms. The molecule has 0 aliphatic rings. The minimum atomic E-state index is -3.80. The molecule has 3 rings (SSSR count). The lowest BCUT2D eigenvalue weighted by atomic mass is 10.1. The molecule has 8 heteroatoms. The van der Waals surface area contributed by atoms with Crippen LogP contribution in [-0.4, -0.2) is 26.6 Å². The van der Waals surface area contributed by atoms with Gasteiger partial charge in [0, 0.05) is 0 Å². The summed E-state index contributed by atoms with van der Waals surface area (Å²) in [5.74, 6) is -0.0762. The standard InChI is InChI=1S/C21H21N3O4S/c1-2-20(16-7-10-18(11-8-16)28-14-21(22)25)23-24-29(26,27)19-12-9-15-5-3-4-6-17(15)13-19/h3-13,24H,2,14H2,1H3,(H2,22,25). The minimum absolute atomic E-state index is 0.144. The van der Waals surface area contributed by atoms with Gasteiger partial charge in [0.15, 0.2) is 6.61 Å². The first-order valence-corrected chi connectivity index (χ1v) is 10.5. The molecule has 0 saturated heterocycles. The Morgan fingerprint density at radius 2 is 1.72 bits per heavy atom. The monoisotopic (exact) mass is 411 g/mol. The number of ether oxygens (including phenoxy) is 1. The van der Waals surface area contributed by atoms with E-state index in [1.165, 1.54) is 0 Å². The van der Waals surface area contributed by atoms with Crippen LogP contribution in [0.25, 0.3) is 10.8 Å². The number of fused-ring (bicyclic) bond motifs is 1. The number of rotatable bonds is 8. The molecule has 0 heterocycles. The number of nitrogens with two attached hydrogens (primary N) is 1. The van der Waals surface area contributed by atoms with E-state index in [2.05, 4.69) is 9.93 Å². The van der Waals surface area contributed by atoms with Crippen LogP contribution in [0.4, 0.5) is 0 Å². The molecule has 7 nitrogen and oxygen atoms in total. The predicted molar refractivity (Wildman–Crippen MR) is 112 cm³/mol. The van der Waals surface area contributed by atoms with Crippen LogP contribution in [0.3, 0.4) is 0 Å². The largest absolute Gasteiger partial charge is 0.484 e. The number of nitrogens with one attached hydrogen (secondary N) is 1. The second-order valence-corrected chi connectivity index (χ2v) is 7.96. The van der Waals surface area contributed by atoms with Crippen molar-refractivity contribution in [2.24, 2.45) is 10.8 Å². The van der Waals surface area contributed by atoms with Crippen molar-refractivity contribution in [3.05, 3.63) is 72.3 Å². The Balaban J connectivity index is 1.78. The van der Waals surface area contributed by atoms with Gasteiger partial charge in [0.2, 0.25) is 0 Å². The van der Waals surface area contributed by atoms with Crippen LogP contribution in [0.2, 0.25) is 0 Å². The average molecular weight is 411 g/mol. The lowest BCUT2D eigenvalue weighted by Crippen LogP contribution is -2.20. The van der Waals surface area contributed by atoms with E-state index >= 15 is 0 Å². The lowest BCUT2D eigenvalue weighted by Gasteiger charge is -2.09. The van der Waals surface area contributed by atoms with Gasteiger partial charge in [-0.3, -0.25) is 4.79 Å². The Morgan fingerprint density at radius 3 is 2.38 bits per heavy atom. The highest BCUT2D eigenvalue weighted by Crippen LogP contribution is 2.19. The van der Waals surface area contributed by atoms with Crippen LogP contribution in [0, 0.1) is 0 Å². The van der Waals surface area contributed by atoms with E-state index in [4.69, 9.17) is 10.5 Å². The van der Waals surface area contributed by atoms with Crippen LogP contribution in [0.1, 0.15) is 18.9 Å². The molecule has 0 aliphatic carbocycles. The summed E-state index contributed by atoms with van der Waals surface area (Å²) in [6, 6.07) is 19.3. The van der Waals surface area contributed by atoms with E-state index in [0.29, 0.717) is 17.9 Å². The molecule has 0 radical (unpaired) electrons. The second kappa shape index (κ2) is 8.74. The molecule has 0 saturated carbocycles. The molecule has 0 atom stereocenters. The third-order valence-corrected chi connectivity index (χ3v) is 5.44. The van der Waals surface area contributed by atoms with Crippen LogP contribution in [0.5, 0.6) is 5.75 Å². The van der Waals surface area contributed by atoms with Crippen LogP contribution in [0.15, 0.2) is 76.7 Å². The fourth-order valence-corrected chi connectivity index (χ4v) is 3.61. The number of sulfonamides is 1. The third-order valence-electron chi connectivity index (χ3n) is 4.24. The molecule has 0 bridgehead atoms. The number of carbonyl (C=O) groups excluding carboxylic acids is 1. The lowest BCUT2D eigenvalue weighted by molar-refractivity contribution is -0.119. The van der Waals surface area contributed by atoms with E-state index in [9.17, 15) is 13.2 Å². The fraction of sp³-hybridized carbons (Fsp3) is 0.143. The van der Waals surface area contributed by atoms with Crippen LogP contribution in [-0.2, 0) is 14.8 Å². The van der Waals surface area contributed by atoms with E-state index in [-0.39, 0.29) is 11.5 Å². The zero-order chi connectivity index (χ0) is 20.9. The van der Waals surface area contributed by atoms with Gasteiger partial charge in [0.05, 0.1) is 10.6 Å². The maximum absolute atomic E-state index is 12.6. The van der Waals surface area contributed by atoms with Crippen molar-refractivity contribution in [2.45, 2.75) is 18.2 Å². The first kappa shape index (κ1) is 20.3. The van der Waals surface area contributed by atoms with E-state index in [0.717, 1.165) is 16.3 Å². The van der Waals surface area contributed by atoms with Crippen molar-refractivity contribution in [2.75, 3.05) is 6.61 Å². The highest BCUT2D eigenvalue weighted by Gasteiger charge is 2.14. The molecule has 3 aromatic carbocycles. The van der Waals surface area contributed by atoms with E-state index in [1.807, 2.05) is 31.2 Å². The van der Waals surface area contributed by atoms with Crippen molar-refractivity contribution >= 4 is 32.4 Å². The van der Waals surface area contributed by atoms with E-state index < -0.39 is 15.9 Å². The maximum Gasteiger partial charge on any atom is 0.276 e. The van der Waals surface area contributed by atoms with Gasteiger partial charge in [-0.25, -0.2) is 0 Å². The van der Waals surface area contributed by atoms with Gasteiger partial charge in [-0.2, -0.15) is 18.4 Å². The number of nitrogens with zero attached hydrogens (tertiary/aromatic N) is 1. The Hall–Kier alpha value is -3.39. The van der Waals surface area contributed by atoms with E-state index in [1.54, 1.807) is 42.5 Å². The molecule has 150 valence electrons. The van der Waals surface area contributed by atoms with Crippen molar-refractivity contribution in [3.8, 4) is 5.75 Å². The summed E-state index contributed by atoms with van der Waals surface area (Å²) in [7, 11) is -3.80. The highest BCUT2D eigenvalue weighted by atomic mass is 32.2. The normalized spacial score (nSPS) is 12.0. The van der Waals surface area contributed by atoms with Gasteiger partial charge in [0.1, 0.15) is 5.75 Å².